The topological polar surface area (TPSA) is 35.6 Å². The Balaban J connectivity index is 2.25. The van der Waals surface area contributed by atoms with E-state index in [9.17, 15) is 4.79 Å². The summed E-state index contributed by atoms with van der Waals surface area (Å²) in [5.74, 6) is 0.142. The van der Waals surface area contributed by atoms with Crippen LogP contribution in [-0.2, 0) is 11.2 Å². The zero-order valence-electron chi connectivity index (χ0n) is 12.1. The molecule has 19 heavy (non-hydrogen) atoms. The van der Waals surface area contributed by atoms with Crippen molar-refractivity contribution in [2.45, 2.75) is 19.8 Å². The number of carbonyl (C=O) groups is 1. The summed E-state index contributed by atoms with van der Waals surface area (Å²) in [5.41, 5.74) is 3.77. The van der Waals surface area contributed by atoms with Crippen LogP contribution in [-0.4, -0.2) is 44.5 Å². The fraction of sp³-hybridized carbons (Fsp3) is 0.533. The van der Waals surface area contributed by atoms with Crippen LogP contribution in [0, 0.1) is 0 Å². The van der Waals surface area contributed by atoms with Gasteiger partial charge in [-0.15, -0.1) is 0 Å². The first kappa shape index (κ1) is 13.7. The largest absolute Gasteiger partial charge is 0.385 e. The van der Waals surface area contributed by atoms with Gasteiger partial charge in [0, 0.05) is 38.6 Å². The predicted molar refractivity (Wildman–Crippen MR) is 79.8 cm³/mol. The quantitative estimate of drug-likeness (QED) is 0.900. The molecule has 1 aliphatic rings. The summed E-state index contributed by atoms with van der Waals surface area (Å²) >= 11 is 0. The number of likely N-dealkylation sites (N-methyl/N-ethyl adjacent to an activating group) is 2. The first-order chi connectivity index (χ1) is 9.13. The molecule has 4 nitrogen and oxygen atoms in total. The van der Waals surface area contributed by atoms with E-state index in [-0.39, 0.29) is 5.91 Å². The Morgan fingerprint density at radius 3 is 2.84 bits per heavy atom. The summed E-state index contributed by atoms with van der Waals surface area (Å²) < 4.78 is 0. The number of benzene rings is 1. The van der Waals surface area contributed by atoms with E-state index in [2.05, 4.69) is 35.3 Å². The third-order valence-corrected chi connectivity index (χ3v) is 3.62. The molecule has 0 radical (unpaired) electrons. The lowest BCUT2D eigenvalue weighted by molar-refractivity contribution is -0.127. The van der Waals surface area contributed by atoms with E-state index in [0.29, 0.717) is 6.54 Å². The molecular formula is C15H23N3O. The zero-order valence-corrected chi connectivity index (χ0v) is 12.1. The Morgan fingerprint density at radius 1 is 1.37 bits per heavy atom. The molecule has 0 spiro atoms. The number of hydrogen-bond donors (Lipinski definition) is 1. The Labute approximate surface area is 115 Å². The number of nitrogens with one attached hydrogen (secondary N) is 1. The maximum Gasteiger partial charge on any atom is 0.241 e. The van der Waals surface area contributed by atoms with Gasteiger partial charge in [-0.3, -0.25) is 4.79 Å². The summed E-state index contributed by atoms with van der Waals surface area (Å²) in [6.45, 7) is 4.42. The first-order valence-corrected chi connectivity index (χ1v) is 6.94. The monoisotopic (exact) mass is 261 g/mol. The van der Waals surface area contributed by atoms with Crippen molar-refractivity contribution in [3.63, 3.8) is 0 Å². The van der Waals surface area contributed by atoms with Crippen molar-refractivity contribution >= 4 is 17.3 Å². The third kappa shape index (κ3) is 3.00. The number of anilines is 2. The van der Waals surface area contributed by atoms with Crippen LogP contribution in [0.1, 0.15) is 18.9 Å². The van der Waals surface area contributed by atoms with Gasteiger partial charge in [-0.2, -0.15) is 0 Å². The second-order valence-corrected chi connectivity index (χ2v) is 5.14. The lowest BCUT2D eigenvalue weighted by Gasteiger charge is -2.29. The molecule has 0 atom stereocenters. The van der Waals surface area contributed by atoms with Gasteiger partial charge in [-0.25, -0.2) is 0 Å². The number of amides is 1. The SMILES string of the molecule is CCN(CC(=O)N(C)C)c1cccc2c1CCCN2. The smallest absolute Gasteiger partial charge is 0.241 e. The van der Waals surface area contributed by atoms with Gasteiger partial charge in [0.25, 0.3) is 0 Å². The Morgan fingerprint density at radius 2 is 2.16 bits per heavy atom. The molecule has 1 aromatic rings. The molecule has 1 amide bonds. The fourth-order valence-electron chi connectivity index (χ4n) is 2.46. The molecule has 0 saturated carbocycles. The summed E-state index contributed by atoms with van der Waals surface area (Å²) in [4.78, 5) is 15.7. The normalized spacial score (nSPS) is 13.4. The van der Waals surface area contributed by atoms with E-state index < -0.39 is 0 Å². The molecule has 0 fully saturated rings. The van der Waals surface area contributed by atoms with E-state index in [1.807, 2.05) is 0 Å². The van der Waals surface area contributed by atoms with Gasteiger partial charge < -0.3 is 15.1 Å². The highest BCUT2D eigenvalue weighted by molar-refractivity contribution is 5.82. The second-order valence-electron chi connectivity index (χ2n) is 5.14. The third-order valence-electron chi connectivity index (χ3n) is 3.62. The number of rotatable bonds is 4. The molecule has 1 aliphatic heterocycles. The summed E-state index contributed by atoms with van der Waals surface area (Å²) in [7, 11) is 3.61. The second kappa shape index (κ2) is 5.95. The van der Waals surface area contributed by atoms with Crippen molar-refractivity contribution in [1.29, 1.82) is 0 Å². The fourth-order valence-corrected chi connectivity index (χ4v) is 2.46. The number of carbonyl (C=O) groups excluding carboxylic acids is 1. The average Bonchev–Trinajstić information content (AvgIpc) is 2.44. The van der Waals surface area contributed by atoms with Gasteiger partial charge in [0.05, 0.1) is 6.54 Å². The van der Waals surface area contributed by atoms with E-state index in [1.54, 1.807) is 19.0 Å². The van der Waals surface area contributed by atoms with Crippen LogP contribution in [0.25, 0.3) is 0 Å². The van der Waals surface area contributed by atoms with Gasteiger partial charge >= 0.3 is 0 Å². The van der Waals surface area contributed by atoms with Crippen molar-refractivity contribution < 1.29 is 4.79 Å². The standard InChI is InChI=1S/C15H23N3O/c1-4-18(11-15(19)17(2)3)14-9-5-8-13-12(14)7-6-10-16-13/h5,8-9,16H,4,6-7,10-11H2,1-3H3. The lowest BCUT2D eigenvalue weighted by atomic mass is 10.0. The van der Waals surface area contributed by atoms with Crippen LogP contribution >= 0.6 is 0 Å². The number of hydrogen-bond acceptors (Lipinski definition) is 3. The van der Waals surface area contributed by atoms with E-state index >= 15 is 0 Å². The van der Waals surface area contributed by atoms with Crippen LogP contribution in [0.15, 0.2) is 18.2 Å². The highest BCUT2D eigenvalue weighted by Gasteiger charge is 2.18. The van der Waals surface area contributed by atoms with Crippen LogP contribution in [0.2, 0.25) is 0 Å². The maximum absolute atomic E-state index is 11.9. The van der Waals surface area contributed by atoms with Crippen LogP contribution in [0.5, 0.6) is 0 Å². The van der Waals surface area contributed by atoms with Crippen molar-refractivity contribution in [1.82, 2.24) is 4.90 Å². The molecule has 2 rings (SSSR count). The molecule has 1 aromatic carbocycles. The first-order valence-electron chi connectivity index (χ1n) is 6.94. The van der Waals surface area contributed by atoms with E-state index in [1.165, 1.54) is 16.9 Å². The molecule has 0 unspecified atom stereocenters. The van der Waals surface area contributed by atoms with Gasteiger partial charge in [-0.1, -0.05) is 6.07 Å². The molecule has 0 saturated heterocycles. The highest BCUT2D eigenvalue weighted by Crippen LogP contribution is 2.31. The molecule has 104 valence electrons. The van der Waals surface area contributed by atoms with Gasteiger partial charge in [0.15, 0.2) is 0 Å². The van der Waals surface area contributed by atoms with Gasteiger partial charge in [0.2, 0.25) is 5.91 Å². The maximum atomic E-state index is 11.9. The minimum Gasteiger partial charge on any atom is -0.385 e. The Kier molecular flexibility index (Phi) is 4.30. The molecule has 0 bridgehead atoms. The zero-order chi connectivity index (χ0) is 13.8. The molecule has 4 heteroatoms. The number of fused-ring (bicyclic) bond motifs is 1. The molecule has 1 heterocycles. The molecular weight excluding hydrogens is 238 g/mol. The van der Waals surface area contributed by atoms with Crippen molar-refractivity contribution in [2.24, 2.45) is 0 Å². The van der Waals surface area contributed by atoms with Crippen molar-refractivity contribution in [2.75, 3.05) is 43.9 Å². The Hall–Kier alpha value is -1.71. The van der Waals surface area contributed by atoms with Crippen LogP contribution in [0.3, 0.4) is 0 Å². The van der Waals surface area contributed by atoms with E-state index in [0.717, 1.165) is 25.9 Å². The highest BCUT2D eigenvalue weighted by atomic mass is 16.2. The van der Waals surface area contributed by atoms with Gasteiger partial charge in [-0.05, 0) is 37.5 Å². The van der Waals surface area contributed by atoms with Crippen LogP contribution in [0.4, 0.5) is 11.4 Å². The van der Waals surface area contributed by atoms with Gasteiger partial charge in [0.1, 0.15) is 0 Å². The van der Waals surface area contributed by atoms with Crippen molar-refractivity contribution in [3.8, 4) is 0 Å². The van der Waals surface area contributed by atoms with E-state index in [4.69, 9.17) is 0 Å². The lowest BCUT2D eigenvalue weighted by Crippen LogP contribution is -2.37. The average molecular weight is 261 g/mol. The summed E-state index contributed by atoms with van der Waals surface area (Å²) in [6.07, 6.45) is 2.24. The van der Waals surface area contributed by atoms with Crippen LogP contribution < -0.4 is 10.2 Å². The Bertz CT molecular complexity index is 457. The molecule has 0 aliphatic carbocycles. The number of nitrogens with zero attached hydrogens (tertiary/aromatic N) is 2. The summed E-state index contributed by atoms with van der Waals surface area (Å²) in [6, 6.07) is 6.31. The molecule has 0 aromatic heterocycles. The van der Waals surface area contributed by atoms with Crippen molar-refractivity contribution in [3.05, 3.63) is 23.8 Å². The molecule has 1 N–H and O–H groups in total. The minimum atomic E-state index is 0.142. The predicted octanol–water partition coefficient (Wildman–Crippen LogP) is 1.96. The summed E-state index contributed by atoms with van der Waals surface area (Å²) in [5, 5.41) is 3.44. The minimum absolute atomic E-state index is 0.142.